The Morgan fingerprint density at radius 2 is 1.91 bits per heavy atom. The van der Waals surface area contributed by atoms with Gasteiger partial charge in [0.1, 0.15) is 6.04 Å². The molecule has 0 bridgehead atoms. The molecule has 0 aliphatic carbocycles. The first-order chi connectivity index (χ1) is 11.2. The van der Waals surface area contributed by atoms with Gasteiger partial charge < -0.3 is 4.90 Å². The lowest BCUT2D eigenvalue weighted by Crippen LogP contribution is -2.39. The Kier molecular flexibility index (Phi) is 3.97. The Bertz CT molecular complexity index is 823. The number of amides is 1. The van der Waals surface area contributed by atoms with Crippen molar-refractivity contribution in [3.05, 3.63) is 79.1 Å². The van der Waals surface area contributed by atoms with Gasteiger partial charge in [-0.1, -0.05) is 17.7 Å². The maximum atomic E-state index is 13.0. The van der Waals surface area contributed by atoms with Gasteiger partial charge >= 0.3 is 0 Å². The topological polar surface area (TPSA) is 20.3 Å². The minimum absolute atomic E-state index is 0.0296. The third-order valence-electron chi connectivity index (χ3n) is 4.13. The average Bonchev–Trinajstić information content (AvgIpc) is 3.25. The van der Waals surface area contributed by atoms with Crippen LogP contribution in [0.15, 0.2) is 53.2 Å². The van der Waals surface area contributed by atoms with E-state index in [4.69, 9.17) is 11.6 Å². The largest absolute Gasteiger partial charge is 0.326 e. The molecule has 2 nitrogen and oxygen atoms in total. The molecule has 2 aromatic heterocycles. The summed E-state index contributed by atoms with van der Waals surface area (Å²) >= 11 is 9.39. The van der Waals surface area contributed by atoms with Crippen LogP contribution in [0, 0.1) is 0 Å². The fourth-order valence-corrected chi connectivity index (χ4v) is 5.14. The van der Waals surface area contributed by atoms with Crippen molar-refractivity contribution in [3.63, 3.8) is 0 Å². The van der Waals surface area contributed by atoms with Gasteiger partial charge in [0.2, 0.25) is 0 Å². The van der Waals surface area contributed by atoms with Gasteiger partial charge in [-0.05, 0) is 59.1 Å². The number of thiophene rings is 2. The summed E-state index contributed by atoms with van der Waals surface area (Å²) in [5.74, 6) is 0.0686. The lowest BCUT2D eigenvalue weighted by atomic mass is 9.99. The number of carbonyl (C=O) groups excluding carboxylic acids is 1. The molecule has 23 heavy (non-hydrogen) atoms. The SMILES string of the molecule is O=C(c1ccc(Cl)cc1)N1CCc2ccsc2C1c1cccs1. The molecular formula is C18H14ClNOS2. The highest BCUT2D eigenvalue weighted by molar-refractivity contribution is 7.11. The van der Waals surface area contributed by atoms with E-state index in [9.17, 15) is 4.79 Å². The maximum Gasteiger partial charge on any atom is 0.254 e. The molecule has 1 aliphatic heterocycles. The van der Waals surface area contributed by atoms with E-state index in [1.807, 2.05) is 11.0 Å². The van der Waals surface area contributed by atoms with Gasteiger partial charge in [0.05, 0.1) is 0 Å². The lowest BCUT2D eigenvalue weighted by Gasteiger charge is -2.35. The summed E-state index contributed by atoms with van der Waals surface area (Å²) in [4.78, 5) is 17.5. The first-order valence-corrected chi connectivity index (χ1v) is 9.54. The molecule has 3 aromatic rings. The molecule has 1 amide bonds. The zero-order valence-corrected chi connectivity index (χ0v) is 14.6. The van der Waals surface area contributed by atoms with Crippen molar-refractivity contribution in [2.75, 3.05) is 6.54 Å². The highest BCUT2D eigenvalue weighted by Crippen LogP contribution is 2.40. The molecule has 4 rings (SSSR count). The van der Waals surface area contributed by atoms with Crippen molar-refractivity contribution in [1.29, 1.82) is 0 Å². The number of rotatable bonds is 2. The number of carbonyl (C=O) groups is 1. The molecule has 3 heterocycles. The summed E-state index contributed by atoms with van der Waals surface area (Å²) in [6.07, 6.45) is 0.917. The van der Waals surface area contributed by atoms with Crippen LogP contribution in [-0.4, -0.2) is 17.4 Å². The molecule has 0 N–H and O–H groups in total. The second-order valence-electron chi connectivity index (χ2n) is 5.48. The van der Waals surface area contributed by atoms with Crippen LogP contribution in [0.25, 0.3) is 0 Å². The normalized spacial score (nSPS) is 17.1. The molecule has 0 radical (unpaired) electrons. The van der Waals surface area contributed by atoms with Crippen molar-refractivity contribution in [1.82, 2.24) is 4.90 Å². The van der Waals surface area contributed by atoms with Crippen LogP contribution in [-0.2, 0) is 6.42 Å². The molecule has 1 atom stereocenters. The van der Waals surface area contributed by atoms with Gasteiger partial charge in [0.15, 0.2) is 0 Å². The van der Waals surface area contributed by atoms with Crippen molar-refractivity contribution in [2.24, 2.45) is 0 Å². The summed E-state index contributed by atoms with van der Waals surface area (Å²) < 4.78 is 0. The van der Waals surface area contributed by atoms with E-state index in [-0.39, 0.29) is 11.9 Å². The fraction of sp³-hybridized carbons (Fsp3) is 0.167. The number of benzene rings is 1. The molecule has 1 aliphatic rings. The van der Waals surface area contributed by atoms with Gasteiger partial charge in [-0.2, -0.15) is 0 Å². The van der Waals surface area contributed by atoms with E-state index < -0.39 is 0 Å². The predicted octanol–water partition coefficient (Wildman–Crippen LogP) is 5.25. The molecule has 1 unspecified atom stereocenters. The van der Waals surface area contributed by atoms with Gasteiger partial charge in [-0.3, -0.25) is 4.79 Å². The van der Waals surface area contributed by atoms with E-state index in [1.165, 1.54) is 15.3 Å². The number of hydrogen-bond acceptors (Lipinski definition) is 3. The molecule has 116 valence electrons. The Labute approximate surface area is 148 Å². The van der Waals surface area contributed by atoms with E-state index in [0.717, 1.165) is 13.0 Å². The first kappa shape index (κ1) is 14.9. The summed E-state index contributed by atoms with van der Waals surface area (Å²) in [6.45, 7) is 0.744. The molecule has 0 spiro atoms. The molecular weight excluding hydrogens is 346 g/mol. The zero-order chi connectivity index (χ0) is 15.8. The molecule has 1 aromatic carbocycles. The average molecular weight is 360 g/mol. The van der Waals surface area contributed by atoms with Crippen LogP contribution in [0.3, 0.4) is 0 Å². The van der Waals surface area contributed by atoms with Crippen LogP contribution in [0.1, 0.15) is 31.7 Å². The Morgan fingerprint density at radius 1 is 1.09 bits per heavy atom. The van der Waals surface area contributed by atoms with Crippen LogP contribution >= 0.6 is 34.3 Å². The highest BCUT2D eigenvalue weighted by Gasteiger charge is 2.34. The quantitative estimate of drug-likeness (QED) is 0.611. The summed E-state index contributed by atoms with van der Waals surface area (Å²) in [6, 6.07) is 13.5. The Morgan fingerprint density at radius 3 is 2.65 bits per heavy atom. The first-order valence-electron chi connectivity index (χ1n) is 7.40. The smallest absolute Gasteiger partial charge is 0.254 e. The van der Waals surface area contributed by atoms with Crippen molar-refractivity contribution < 1.29 is 4.79 Å². The second-order valence-corrected chi connectivity index (χ2v) is 7.85. The van der Waals surface area contributed by atoms with Crippen molar-refractivity contribution in [2.45, 2.75) is 12.5 Å². The zero-order valence-electron chi connectivity index (χ0n) is 12.2. The Balaban J connectivity index is 1.75. The van der Waals surface area contributed by atoms with Gasteiger partial charge in [-0.15, -0.1) is 22.7 Å². The minimum Gasteiger partial charge on any atom is -0.326 e. The third-order valence-corrected chi connectivity index (χ3v) is 6.32. The minimum atomic E-state index is 0.0296. The van der Waals surface area contributed by atoms with E-state index >= 15 is 0 Å². The number of fused-ring (bicyclic) bond motifs is 1. The summed E-state index contributed by atoms with van der Waals surface area (Å²) in [5, 5.41) is 4.85. The summed E-state index contributed by atoms with van der Waals surface area (Å²) in [5.41, 5.74) is 2.06. The lowest BCUT2D eigenvalue weighted by molar-refractivity contribution is 0.0700. The second kappa shape index (κ2) is 6.11. The van der Waals surface area contributed by atoms with Gasteiger partial charge in [-0.25, -0.2) is 0 Å². The summed E-state index contributed by atoms with van der Waals surface area (Å²) in [7, 11) is 0. The molecule has 5 heteroatoms. The molecule has 0 saturated carbocycles. The molecule has 0 fully saturated rings. The third kappa shape index (κ3) is 2.71. The maximum absolute atomic E-state index is 13.0. The number of halogens is 1. The fourth-order valence-electron chi connectivity index (χ4n) is 3.01. The molecule has 0 saturated heterocycles. The predicted molar refractivity (Wildman–Crippen MR) is 96.7 cm³/mol. The van der Waals surface area contributed by atoms with E-state index in [1.54, 1.807) is 46.9 Å². The standard InChI is InChI=1S/C18H14ClNOS2/c19-14-5-3-13(4-6-14)18(21)20-9-7-12-8-11-23-17(12)16(20)15-2-1-10-22-15/h1-6,8,10-11,16H,7,9H2. The van der Waals surface area contributed by atoms with Crippen molar-refractivity contribution in [3.8, 4) is 0 Å². The van der Waals surface area contributed by atoms with E-state index in [0.29, 0.717) is 10.6 Å². The van der Waals surface area contributed by atoms with E-state index in [2.05, 4.69) is 22.9 Å². The van der Waals surface area contributed by atoms with Gasteiger partial charge in [0.25, 0.3) is 5.91 Å². The number of hydrogen-bond donors (Lipinski definition) is 0. The van der Waals surface area contributed by atoms with Crippen LogP contribution in [0.2, 0.25) is 5.02 Å². The van der Waals surface area contributed by atoms with Crippen LogP contribution in [0.5, 0.6) is 0 Å². The van der Waals surface area contributed by atoms with Crippen molar-refractivity contribution >= 4 is 40.2 Å². The monoisotopic (exact) mass is 359 g/mol. The Hall–Kier alpha value is -1.62. The highest BCUT2D eigenvalue weighted by atomic mass is 35.5. The van der Waals surface area contributed by atoms with Crippen LogP contribution < -0.4 is 0 Å². The number of nitrogens with zero attached hydrogens (tertiary/aromatic N) is 1. The van der Waals surface area contributed by atoms with Gasteiger partial charge in [0, 0.05) is 26.9 Å². The van der Waals surface area contributed by atoms with Crippen LogP contribution in [0.4, 0.5) is 0 Å².